The van der Waals surface area contributed by atoms with Gasteiger partial charge < -0.3 is 5.32 Å². The number of rotatable bonds is 5. The Morgan fingerprint density at radius 1 is 1.27 bits per heavy atom. The Morgan fingerprint density at radius 2 is 2.07 bits per heavy atom. The molecule has 1 nitrogen and oxygen atoms in total. The highest BCUT2D eigenvalue weighted by Crippen LogP contribution is 2.26. The van der Waals surface area contributed by atoms with Gasteiger partial charge in [0.05, 0.1) is 10.0 Å². The maximum Gasteiger partial charge on any atom is 0.0624 e. The summed E-state index contributed by atoms with van der Waals surface area (Å²) in [6.45, 7) is 1.08. The SMILES string of the molecule is Clc1cccc(CCCNC2CC2)c1Cl. The van der Waals surface area contributed by atoms with Crippen LogP contribution < -0.4 is 5.32 Å². The van der Waals surface area contributed by atoms with Crippen LogP contribution in [0.15, 0.2) is 18.2 Å². The normalized spacial score (nSPS) is 15.6. The van der Waals surface area contributed by atoms with Gasteiger partial charge in [-0.15, -0.1) is 0 Å². The number of benzene rings is 1. The monoisotopic (exact) mass is 243 g/mol. The van der Waals surface area contributed by atoms with E-state index in [0.29, 0.717) is 10.0 Å². The van der Waals surface area contributed by atoms with E-state index in [9.17, 15) is 0 Å². The molecule has 3 heteroatoms. The van der Waals surface area contributed by atoms with E-state index in [4.69, 9.17) is 23.2 Å². The summed E-state index contributed by atoms with van der Waals surface area (Å²) < 4.78 is 0. The minimum Gasteiger partial charge on any atom is -0.314 e. The minimum atomic E-state index is 0.657. The molecule has 1 saturated carbocycles. The van der Waals surface area contributed by atoms with E-state index in [1.54, 1.807) is 0 Å². The predicted octanol–water partition coefficient (Wildman–Crippen LogP) is 3.68. The van der Waals surface area contributed by atoms with Gasteiger partial charge in [0.2, 0.25) is 0 Å². The fourth-order valence-electron chi connectivity index (χ4n) is 1.61. The molecule has 0 aromatic heterocycles. The molecule has 82 valence electrons. The molecule has 1 fully saturated rings. The summed E-state index contributed by atoms with van der Waals surface area (Å²) in [6.07, 6.45) is 4.81. The van der Waals surface area contributed by atoms with E-state index < -0.39 is 0 Å². The van der Waals surface area contributed by atoms with Gasteiger partial charge in [-0.05, 0) is 43.9 Å². The summed E-state index contributed by atoms with van der Waals surface area (Å²) in [4.78, 5) is 0. The van der Waals surface area contributed by atoms with Crippen molar-refractivity contribution in [3.63, 3.8) is 0 Å². The van der Waals surface area contributed by atoms with Gasteiger partial charge in [-0.25, -0.2) is 0 Å². The Morgan fingerprint density at radius 3 is 2.80 bits per heavy atom. The highest BCUT2D eigenvalue weighted by molar-refractivity contribution is 6.42. The summed E-state index contributed by atoms with van der Waals surface area (Å²) in [6, 6.07) is 6.62. The second-order valence-electron chi connectivity index (χ2n) is 4.04. The largest absolute Gasteiger partial charge is 0.314 e. The van der Waals surface area contributed by atoms with Crippen LogP contribution in [-0.2, 0) is 6.42 Å². The highest BCUT2D eigenvalue weighted by atomic mass is 35.5. The van der Waals surface area contributed by atoms with Gasteiger partial charge in [0.25, 0.3) is 0 Å². The van der Waals surface area contributed by atoms with Crippen molar-refractivity contribution in [1.29, 1.82) is 0 Å². The number of aryl methyl sites for hydroxylation is 1. The van der Waals surface area contributed by atoms with Crippen molar-refractivity contribution in [2.45, 2.75) is 31.7 Å². The third kappa shape index (κ3) is 3.37. The van der Waals surface area contributed by atoms with E-state index in [0.717, 1.165) is 31.0 Å². The Bertz CT molecular complexity index is 334. The van der Waals surface area contributed by atoms with Crippen LogP contribution in [0.3, 0.4) is 0 Å². The molecule has 0 unspecified atom stereocenters. The number of nitrogens with one attached hydrogen (secondary N) is 1. The summed E-state index contributed by atoms with van der Waals surface area (Å²) in [5.41, 5.74) is 1.15. The second kappa shape index (κ2) is 5.20. The average Bonchev–Trinajstić information content (AvgIpc) is 3.02. The van der Waals surface area contributed by atoms with E-state index in [-0.39, 0.29) is 0 Å². The maximum absolute atomic E-state index is 6.09. The third-order valence-corrected chi connectivity index (χ3v) is 3.52. The molecule has 0 aliphatic heterocycles. The zero-order valence-corrected chi connectivity index (χ0v) is 10.1. The quantitative estimate of drug-likeness (QED) is 0.779. The van der Waals surface area contributed by atoms with Gasteiger partial charge in [0.1, 0.15) is 0 Å². The summed E-state index contributed by atoms with van der Waals surface area (Å²) >= 11 is 12.0. The van der Waals surface area contributed by atoms with Crippen LogP contribution in [0.4, 0.5) is 0 Å². The van der Waals surface area contributed by atoms with E-state index in [1.807, 2.05) is 18.2 Å². The molecule has 1 aliphatic rings. The molecular formula is C12H15Cl2N. The zero-order valence-electron chi connectivity index (χ0n) is 8.60. The fraction of sp³-hybridized carbons (Fsp3) is 0.500. The van der Waals surface area contributed by atoms with E-state index in [2.05, 4.69) is 5.32 Å². The van der Waals surface area contributed by atoms with E-state index >= 15 is 0 Å². The van der Waals surface area contributed by atoms with Crippen LogP contribution >= 0.6 is 23.2 Å². The summed E-state index contributed by atoms with van der Waals surface area (Å²) in [5, 5.41) is 4.86. The zero-order chi connectivity index (χ0) is 10.7. The van der Waals surface area contributed by atoms with Crippen molar-refractivity contribution in [2.24, 2.45) is 0 Å². The molecule has 1 aromatic rings. The smallest absolute Gasteiger partial charge is 0.0624 e. The Hall–Kier alpha value is -0.240. The Balaban J connectivity index is 1.78. The lowest BCUT2D eigenvalue weighted by atomic mass is 10.1. The van der Waals surface area contributed by atoms with E-state index in [1.165, 1.54) is 12.8 Å². The number of halogens is 2. The van der Waals surface area contributed by atoms with Crippen LogP contribution in [0.2, 0.25) is 10.0 Å². The van der Waals surface area contributed by atoms with Crippen LogP contribution in [-0.4, -0.2) is 12.6 Å². The molecule has 1 aliphatic carbocycles. The minimum absolute atomic E-state index is 0.657. The van der Waals surface area contributed by atoms with Gasteiger partial charge in [-0.3, -0.25) is 0 Å². The first-order valence-electron chi connectivity index (χ1n) is 5.43. The first-order valence-corrected chi connectivity index (χ1v) is 6.19. The number of hydrogen-bond acceptors (Lipinski definition) is 1. The molecular weight excluding hydrogens is 229 g/mol. The van der Waals surface area contributed by atoms with Gasteiger partial charge in [0.15, 0.2) is 0 Å². The van der Waals surface area contributed by atoms with Crippen molar-refractivity contribution >= 4 is 23.2 Å². The van der Waals surface area contributed by atoms with Crippen LogP contribution in [0.5, 0.6) is 0 Å². The Labute approximate surface area is 101 Å². The lowest BCUT2D eigenvalue weighted by molar-refractivity contribution is 0.645. The van der Waals surface area contributed by atoms with Crippen LogP contribution in [0, 0.1) is 0 Å². The van der Waals surface area contributed by atoms with Crippen molar-refractivity contribution in [1.82, 2.24) is 5.32 Å². The van der Waals surface area contributed by atoms with Crippen molar-refractivity contribution in [3.05, 3.63) is 33.8 Å². The Kier molecular flexibility index (Phi) is 3.90. The molecule has 2 rings (SSSR count). The number of hydrogen-bond donors (Lipinski definition) is 1. The van der Waals surface area contributed by atoms with Crippen LogP contribution in [0.1, 0.15) is 24.8 Å². The standard InChI is InChI=1S/C12H15Cl2N/c13-11-5-1-3-9(12(11)14)4-2-8-15-10-6-7-10/h1,3,5,10,15H,2,4,6-8H2. The molecule has 0 bridgehead atoms. The molecule has 0 spiro atoms. The highest BCUT2D eigenvalue weighted by Gasteiger charge is 2.19. The lowest BCUT2D eigenvalue weighted by Gasteiger charge is -2.06. The molecule has 0 saturated heterocycles. The molecule has 15 heavy (non-hydrogen) atoms. The molecule has 0 heterocycles. The van der Waals surface area contributed by atoms with Gasteiger partial charge in [-0.2, -0.15) is 0 Å². The lowest BCUT2D eigenvalue weighted by Crippen LogP contribution is -2.17. The summed E-state index contributed by atoms with van der Waals surface area (Å²) in [5.74, 6) is 0. The topological polar surface area (TPSA) is 12.0 Å². The first-order chi connectivity index (χ1) is 7.27. The maximum atomic E-state index is 6.09. The van der Waals surface area contributed by atoms with Gasteiger partial charge >= 0.3 is 0 Å². The van der Waals surface area contributed by atoms with Crippen molar-refractivity contribution in [3.8, 4) is 0 Å². The molecule has 0 amide bonds. The average molecular weight is 244 g/mol. The van der Waals surface area contributed by atoms with Gasteiger partial charge in [0, 0.05) is 6.04 Å². The molecule has 1 N–H and O–H groups in total. The molecule has 1 aromatic carbocycles. The first kappa shape index (κ1) is 11.3. The van der Waals surface area contributed by atoms with Gasteiger partial charge in [-0.1, -0.05) is 35.3 Å². The fourth-order valence-corrected chi connectivity index (χ4v) is 2.03. The predicted molar refractivity (Wildman–Crippen MR) is 65.8 cm³/mol. The van der Waals surface area contributed by atoms with Crippen LogP contribution in [0.25, 0.3) is 0 Å². The van der Waals surface area contributed by atoms with Crippen molar-refractivity contribution < 1.29 is 0 Å². The van der Waals surface area contributed by atoms with Crippen molar-refractivity contribution in [2.75, 3.05) is 6.54 Å². The summed E-state index contributed by atoms with van der Waals surface area (Å²) in [7, 11) is 0. The molecule has 0 atom stereocenters. The molecule has 0 radical (unpaired) electrons. The third-order valence-electron chi connectivity index (χ3n) is 2.66. The second-order valence-corrected chi connectivity index (χ2v) is 4.83.